The summed E-state index contributed by atoms with van der Waals surface area (Å²) in [6.07, 6.45) is 2.65. The number of nitrogen functional groups attached to an aromatic ring is 1. The van der Waals surface area contributed by atoms with E-state index in [1.807, 2.05) is 19.1 Å². The van der Waals surface area contributed by atoms with E-state index in [9.17, 15) is 4.39 Å². The average molecular weight is 272 g/mol. The highest BCUT2D eigenvalue weighted by molar-refractivity contribution is 5.49. The lowest BCUT2D eigenvalue weighted by atomic mass is 9.98. The van der Waals surface area contributed by atoms with E-state index in [1.165, 1.54) is 6.07 Å². The summed E-state index contributed by atoms with van der Waals surface area (Å²) >= 11 is 0. The number of nitrogens with zero attached hydrogens (tertiary/aromatic N) is 3. The van der Waals surface area contributed by atoms with Crippen LogP contribution >= 0.6 is 0 Å². The van der Waals surface area contributed by atoms with Crippen LogP contribution in [0.1, 0.15) is 23.5 Å². The number of halogens is 1. The van der Waals surface area contributed by atoms with Crippen molar-refractivity contribution in [2.45, 2.75) is 19.3 Å². The second-order valence-corrected chi connectivity index (χ2v) is 5.19. The van der Waals surface area contributed by atoms with Crippen LogP contribution in [0, 0.1) is 12.7 Å². The van der Waals surface area contributed by atoms with Gasteiger partial charge in [0.05, 0.1) is 0 Å². The number of hydrogen-bond acceptors (Lipinski definition) is 4. The van der Waals surface area contributed by atoms with Crippen molar-refractivity contribution in [2.75, 3.05) is 23.7 Å². The first-order chi connectivity index (χ1) is 9.65. The first kappa shape index (κ1) is 12.8. The summed E-state index contributed by atoms with van der Waals surface area (Å²) in [6, 6.07) is 6.99. The summed E-state index contributed by atoms with van der Waals surface area (Å²) in [7, 11) is 0. The van der Waals surface area contributed by atoms with E-state index in [1.54, 1.807) is 12.3 Å². The number of benzene rings is 1. The van der Waals surface area contributed by atoms with E-state index in [2.05, 4.69) is 14.9 Å². The molecule has 0 bridgehead atoms. The van der Waals surface area contributed by atoms with Crippen molar-refractivity contribution in [3.63, 3.8) is 0 Å². The second kappa shape index (κ2) is 5.07. The first-order valence-electron chi connectivity index (χ1n) is 6.73. The third-order valence-electron chi connectivity index (χ3n) is 3.80. The largest absolute Gasteiger partial charge is 0.368 e. The number of aryl methyl sites for hydroxylation is 1. The van der Waals surface area contributed by atoms with Gasteiger partial charge in [-0.15, -0.1) is 0 Å². The Balaban J connectivity index is 1.83. The Bertz CT molecular complexity index is 629. The van der Waals surface area contributed by atoms with Crippen LogP contribution in [0.3, 0.4) is 0 Å². The highest BCUT2D eigenvalue weighted by Gasteiger charge is 2.27. The maximum absolute atomic E-state index is 13.9. The van der Waals surface area contributed by atoms with E-state index in [4.69, 9.17) is 5.73 Å². The summed E-state index contributed by atoms with van der Waals surface area (Å²) in [6.45, 7) is 3.58. The van der Waals surface area contributed by atoms with Gasteiger partial charge in [-0.3, -0.25) is 0 Å². The smallest absolute Gasteiger partial charge is 0.221 e. The maximum Gasteiger partial charge on any atom is 0.221 e. The van der Waals surface area contributed by atoms with E-state index in [0.717, 1.165) is 36.5 Å². The first-order valence-corrected chi connectivity index (χ1v) is 6.73. The van der Waals surface area contributed by atoms with Crippen molar-refractivity contribution in [3.05, 3.63) is 47.4 Å². The summed E-state index contributed by atoms with van der Waals surface area (Å²) < 4.78 is 13.9. The molecule has 2 aromatic rings. The van der Waals surface area contributed by atoms with Gasteiger partial charge in [-0.25, -0.2) is 9.37 Å². The van der Waals surface area contributed by atoms with Crippen molar-refractivity contribution < 1.29 is 4.39 Å². The highest BCUT2D eigenvalue weighted by Crippen LogP contribution is 2.32. The van der Waals surface area contributed by atoms with Crippen LogP contribution < -0.4 is 10.6 Å². The van der Waals surface area contributed by atoms with Crippen LogP contribution in [0.2, 0.25) is 0 Å². The van der Waals surface area contributed by atoms with Gasteiger partial charge in [0.2, 0.25) is 5.95 Å². The van der Waals surface area contributed by atoms with Crippen LogP contribution in [0.4, 0.5) is 16.2 Å². The average Bonchev–Trinajstić information content (AvgIpc) is 2.91. The summed E-state index contributed by atoms with van der Waals surface area (Å²) in [4.78, 5) is 10.4. The Labute approximate surface area is 117 Å². The molecule has 0 radical (unpaired) electrons. The van der Waals surface area contributed by atoms with Crippen LogP contribution in [0.25, 0.3) is 0 Å². The molecule has 1 fully saturated rings. The van der Waals surface area contributed by atoms with Crippen LogP contribution in [-0.4, -0.2) is 23.1 Å². The standard InChI is InChI=1S/C15H17FN4/c1-10-8-18-15(17)19-14(10)20-7-6-11(9-20)12-4-2-3-5-13(12)16/h2-5,8,11H,6-7,9H2,1H3,(H2,17,18,19). The Hall–Kier alpha value is -2.17. The fraction of sp³-hybridized carbons (Fsp3) is 0.333. The zero-order valence-corrected chi connectivity index (χ0v) is 11.4. The lowest BCUT2D eigenvalue weighted by molar-refractivity contribution is 0.589. The molecule has 2 heterocycles. The third-order valence-corrected chi connectivity index (χ3v) is 3.80. The minimum atomic E-state index is -0.127. The monoisotopic (exact) mass is 272 g/mol. The lowest BCUT2D eigenvalue weighted by Crippen LogP contribution is -2.22. The molecule has 20 heavy (non-hydrogen) atoms. The Morgan fingerprint density at radius 2 is 2.15 bits per heavy atom. The molecule has 104 valence electrons. The second-order valence-electron chi connectivity index (χ2n) is 5.19. The maximum atomic E-state index is 13.9. The van der Waals surface area contributed by atoms with Gasteiger partial charge in [0.25, 0.3) is 0 Å². The van der Waals surface area contributed by atoms with Crippen LogP contribution in [0.15, 0.2) is 30.5 Å². The van der Waals surface area contributed by atoms with E-state index < -0.39 is 0 Å². The van der Waals surface area contributed by atoms with Gasteiger partial charge in [0, 0.05) is 30.8 Å². The van der Waals surface area contributed by atoms with E-state index in [0.29, 0.717) is 0 Å². The van der Waals surface area contributed by atoms with Gasteiger partial charge in [-0.2, -0.15) is 4.98 Å². The van der Waals surface area contributed by atoms with Gasteiger partial charge in [-0.05, 0) is 25.0 Å². The third kappa shape index (κ3) is 2.31. The van der Waals surface area contributed by atoms with Gasteiger partial charge in [-0.1, -0.05) is 18.2 Å². The predicted octanol–water partition coefficient (Wildman–Crippen LogP) is 2.50. The number of rotatable bonds is 2. The molecule has 2 N–H and O–H groups in total. The molecule has 1 saturated heterocycles. The van der Waals surface area contributed by atoms with Crippen LogP contribution in [-0.2, 0) is 0 Å². The van der Waals surface area contributed by atoms with Crippen molar-refractivity contribution in [1.82, 2.24) is 9.97 Å². The van der Waals surface area contributed by atoms with Crippen molar-refractivity contribution in [3.8, 4) is 0 Å². The van der Waals surface area contributed by atoms with Crippen molar-refractivity contribution >= 4 is 11.8 Å². The molecule has 1 aromatic carbocycles. The topological polar surface area (TPSA) is 55.0 Å². The quantitative estimate of drug-likeness (QED) is 0.912. The molecule has 3 rings (SSSR count). The van der Waals surface area contributed by atoms with E-state index in [-0.39, 0.29) is 17.7 Å². The van der Waals surface area contributed by atoms with Gasteiger partial charge in [0.1, 0.15) is 11.6 Å². The fourth-order valence-electron chi connectivity index (χ4n) is 2.78. The predicted molar refractivity (Wildman–Crippen MR) is 77.2 cm³/mol. The van der Waals surface area contributed by atoms with E-state index >= 15 is 0 Å². The van der Waals surface area contributed by atoms with Crippen molar-refractivity contribution in [1.29, 1.82) is 0 Å². The molecule has 5 heteroatoms. The lowest BCUT2D eigenvalue weighted by Gasteiger charge is -2.19. The molecule has 0 spiro atoms. The normalized spacial score (nSPS) is 18.5. The van der Waals surface area contributed by atoms with Gasteiger partial charge < -0.3 is 10.6 Å². The number of aromatic nitrogens is 2. The molecule has 1 atom stereocenters. The fourth-order valence-corrected chi connectivity index (χ4v) is 2.78. The molecule has 1 aliphatic rings. The minimum Gasteiger partial charge on any atom is -0.368 e. The van der Waals surface area contributed by atoms with Gasteiger partial charge in [0.15, 0.2) is 0 Å². The molecule has 1 aromatic heterocycles. The summed E-state index contributed by atoms with van der Waals surface area (Å²) in [5.74, 6) is 1.21. The Morgan fingerprint density at radius 1 is 1.35 bits per heavy atom. The zero-order valence-electron chi connectivity index (χ0n) is 11.4. The molecular formula is C15H17FN4. The van der Waals surface area contributed by atoms with Gasteiger partial charge >= 0.3 is 0 Å². The highest BCUT2D eigenvalue weighted by atomic mass is 19.1. The molecule has 0 saturated carbocycles. The Kier molecular flexibility index (Phi) is 3.26. The number of anilines is 2. The number of nitrogens with two attached hydrogens (primary N) is 1. The van der Waals surface area contributed by atoms with Crippen molar-refractivity contribution in [2.24, 2.45) is 0 Å². The molecular weight excluding hydrogens is 255 g/mol. The number of hydrogen-bond donors (Lipinski definition) is 1. The molecule has 0 aliphatic carbocycles. The van der Waals surface area contributed by atoms with Crippen LogP contribution in [0.5, 0.6) is 0 Å². The molecule has 0 amide bonds. The Morgan fingerprint density at radius 3 is 2.95 bits per heavy atom. The molecule has 4 nitrogen and oxygen atoms in total. The zero-order chi connectivity index (χ0) is 14.1. The molecule has 1 unspecified atom stereocenters. The summed E-state index contributed by atoms with van der Waals surface area (Å²) in [5, 5.41) is 0. The molecule has 1 aliphatic heterocycles. The summed E-state index contributed by atoms with van der Waals surface area (Å²) in [5.41, 5.74) is 7.44. The minimum absolute atomic E-state index is 0.127. The SMILES string of the molecule is Cc1cnc(N)nc1N1CCC(c2ccccc2F)C1.